The minimum Gasteiger partial charge on any atom is -0.378 e. The van der Waals surface area contributed by atoms with Gasteiger partial charge >= 0.3 is 0 Å². The van der Waals surface area contributed by atoms with Crippen LogP contribution in [-0.4, -0.2) is 12.7 Å². The highest BCUT2D eigenvalue weighted by molar-refractivity contribution is 5.24. The Morgan fingerprint density at radius 1 is 0.769 bits per heavy atom. The van der Waals surface area contributed by atoms with Gasteiger partial charge < -0.3 is 4.74 Å². The summed E-state index contributed by atoms with van der Waals surface area (Å²) in [6, 6.07) is 0. The largest absolute Gasteiger partial charge is 0.378 e. The van der Waals surface area contributed by atoms with E-state index in [9.17, 15) is 0 Å². The van der Waals surface area contributed by atoms with Crippen LogP contribution >= 0.6 is 0 Å². The van der Waals surface area contributed by atoms with E-state index in [4.69, 9.17) is 4.74 Å². The molecule has 26 heavy (non-hydrogen) atoms. The van der Waals surface area contributed by atoms with Gasteiger partial charge in [-0.1, -0.05) is 57.1 Å². The summed E-state index contributed by atoms with van der Waals surface area (Å²) in [5, 5.41) is 0. The highest BCUT2D eigenvalue weighted by Crippen LogP contribution is 2.32. The molecule has 146 valence electrons. The summed E-state index contributed by atoms with van der Waals surface area (Å²) < 4.78 is 5.95. The zero-order valence-electron chi connectivity index (χ0n) is 17.2. The van der Waals surface area contributed by atoms with E-state index in [2.05, 4.69) is 50.0 Å². The molecule has 1 nitrogen and oxygen atoms in total. The highest BCUT2D eigenvalue weighted by atomic mass is 16.5. The van der Waals surface area contributed by atoms with Crippen molar-refractivity contribution in [3.05, 3.63) is 24.3 Å². The molecule has 0 aliphatic heterocycles. The predicted molar refractivity (Wildman–Crippen MR) is 113 cm³/mol. The third-order valence-electron chi connectivity index (χ3n) is 6.15. The topological polar surface area (TPSA) is 9.23 Å². The lowest BCUT2D eigenvalue weighted by Crippen LogP contribution is -2.21. The lowest BCUT2D eigenvalue weighted by Gasteiger charge is -2.26. The standard InChI is InChI=1S/C25H40O/c1-3-5-21-26-25-19-17-24(18-20-25)12-9-7-6-8-11-23-15-13-22(10-4-2)14-16-23/h8-9,11-12,22-25H,3-5,10,13-21H2,1-2H3/t22?,23?,24-,25-. The average molecular weight is 357 g/mol. The first-order chi connectivity index (χ1) is 12.8. The van der Waals surface area contributed by atoms with Gasteiger partial charge in [0.2, 0.25) is 0 Å². The Hall–Kier alpha value is -1.00. The molecule has 0 atom stereocenters. The van der Waals surface area contributed by atoms with Crippen molar-refractivity contribution in [2.75, 3.05) is 6.61 Å². The van der Waals surface area contributed by atoms with Crippen molar-refractivity contribution in [1.82, 2.24) is 0 Å². The molecule has 0 aromatic heterocycles. The number of hydrogen-bond donors (Lipinski definition) is 0. The maximum absolute atomic E-state index is 5.95. The molecule has 2 fully saturated rings. The van der Waals surface area contributed by atoms with Gasteiger partial charge in [0.15, 0.2) is 0 Å². The van der Waals surface area contributed by atoms with Crippen LogP contribution in [0.3, 0.4) is 0 Å². The number of ether oxygens (including phenoxy) is 1. The molecule has 0 aromatic rings. The van der Waals surface area contributed by atoms with Gasteiger partial charge in [-0.25, -0.2) is 0 Å². The number of rotatable bonds is 8. The molecular weight excluding hydrogens is 316 g/mol. The summed E-state index contributed by atoms with van der Waals surface area (Å²) in [7, 11) is 0. The van der Waals surface area contributed by atoms with E-state index in [0.29, 0.717) is 12.0 Å². The molecule has 0 amide bonds. The first kappa shape index (κ1) is 21.3. The van der Waals surface area contributed by atoms with Crippen LogP contribution in [0, 0.1) is 29.6 Å². The Kier molecular flexibility index (Phi) is 10.8. The first-order valence-electron chi connectivity index (χ1n) is 11.3. The lowest BCUT2D eigenvalue weighted by atomic mass is 9.80. The molecule has 2 rings (SSSR count). The Labute approximate surface area is 162 Å². The number of unbranched alkanes of at least 4 members (excludes halogenated alkanes) is 1. The van der Waals surface area contributed by atoms with E-state index in [1.807, 2.05) is 0 Å². The van der Waals surface area contributed by atoms with Gasteiger partial charge in [-0.15, -0.1) is 0 Å². The van der Waals surface area contributed by atoms with E-state index in [1.54, 1.807) is 0 Å². The van der Waals surface area contributed by atoms with Crippen molar-refractivity contribution >= 4 is 0 Å². The van der Waals surface area contributed by atoms with Crippen molar-refractivity contribution in [1.29, 1.82) is 0 Å². The van der Waals surface area contributed by atoms with Crippen LogP contribution in [-0.2, 0) is 4.74 Å². The Morgan fingerprint density at radius 3 is 1.88 bits per heavy atom. The van der Waals surface area contributed by atoms with Crippen molar-refractivity contribution < 1.29 is 4.74 Å². The summed E-state index contributed by atoms with van der Waals surface area (Å²) in [5.41, 5.74) is 0. The van der Waals surface area contributed by atoms with Gasteiger partial charge in [0.25, 0.3) is 0 Å². The summed E-state index contributed by atoms with van der Waals surface area (Å²) in [6.45, 7) is 5.47. The molecule has 0 N–H and O–H groups in total. The summed E-state index contributed by atoms with van der Waals surface area (Å²) >= 11 is 0. The van der Waals surface area contributed by atoms with Gasteiger partial charge in [0, 0.05) is 6.61 Å². The SMILES string of the molecule is CCCCO[C@H]1CC[C@H](C=CC#CC=CC2CCC(CCC)CC2)CC1. The molecule has 1 heteroatoms. The summed E-state index contributed by atoms with van der Waals surface area (Å²) in [6.07, 6.45) is 25.0. The van der Waals surface area contributed by atoms with Crippen LogP contribution in [0.5, 0.6) is 0 Å². The van der Waals surface area contributed by atoms with Crippen molar-refractivity contribution in [2.24, 2.45) is 17.8 Å². The van der Waals surface area contributed by atoms with Crippen LogP contribution in [0.15, 0.2) is 24.3 Å². The fraction of sp³-hybridized carbons (Fsp3) is 0.760. The monoisotopic (exact) mass is 356 g/mol. The van der Waals surface area contributed by atoms with Crippen molar-refractivity contribution in [3.63, 3.8) is 0 Å². The summed E-state index contributed by atoms with van der Waals surface area (Å²) in [4.78, 5) is 0. The maximum atomic E-state index is 5.95. The third kappa shape index (κ3) is 8.59. The molecular formula is C25H40O. The maximum Gasteiger partial charge on any atom is 0.0575 e. The van der Waals surface area contributed by atoms with Gasteiger partial charge in [-0.3, -0.25) is 0 Å². The van der Waals surface area contributed by atoms with E-state index in [0.717, 1.165) is 18.4 Å². The zero-order chi connectivity index (χ0) is 18.5. The second-order valence-electron chi connectivity index (χ2n) is 8.34. The molecule has 2 aliphatic carbocycles. The van der Waals surface area contributed by atoms with Crippen molar-refractivity contribution in [2.45, 2.75) is 97.0 Å². The van der Waals surface area contributed by atoms with Gasteiger partial charge in [-0.05, 0) is 87.7 Å². The second kappa shape index (κ2) is 13.2. The Morgan fingerprint density at radius 2 is 1.35 bits per heavy atom. The van der Waals surface area contributed by atoms with Gasteiger partial charge in [0.05, 0.1) is 6.10 Å². The Bertz CT molecular complexity index is 462. The fourth-order valence-corrected chi connectivity index (χ4v) is 4.38. The smallest absolute Gasteiger partial charge is 0.0575 e. The molecule has 0 spiro atoms. The molecule has 0 heterocycles. The second-order valence-corrected chi connectivity index (χ2v) is 8.34. The molecule has 2 saturated carbocycles. The quantitative estimate of drug-likeness (QED) is 0.333. The van der Waals surface area contributed by atoms with E-state index in [-0.39, 0.29) is 0 Å². The molecule has 0 bridgehead atoms. The highest BCUT2D eigenvalue weighted by Gasteiger charge is 2.19. The minimum absolute atomic E-state index is 0.507. The number of allylic oxidation sites excluding steroid dienone is 4. The van der Waals surface area contributed by atoms with E-state index >= 15 is 0 Å². The summed E-state index contributed by atoms with van der Waals surface area (Å²) in [5.74, 6) is 8.88. The van der Waals surface area contributed by atoms with Crippen LogP contribution in [0.25, 0.3) is 0 Å². The fourth-order valence-electron chi connectivity index (χ4n) is 4.38. The van der Waals surface area contributed by atoms with Gasteiger partial charge in [0.1, 0.15) is 0 Å². The molecule has 0 radical (unpaired) electrons. The third-order valence-corrected chi connectivity index (χ3v) is 6.15. The molecule has 0 aromatic carbocycles. The number of hydrogen-bond acceptors (Lipinski definition) is 1. The molecule has 0 unspecified atom stereocenters. The zero-order valence-corrected chi connectivity index (χ0v) is 17.2. The van der Waals surface area contributed by atoms with E-state index < -0.39 is 0 Å². The van der Waals surface area contributed by atoms with Crippen LogP contribution in [0.4, 0.5) is 0 Å². The van der Waals surface area contributed by atoms with Crippen molar-refractivity contribution in [3.8, 4) is 11.8 Å². The average Bonchev–Trinajstić information content (AvgIpc) is 2.67. The normalized spacial score (nSPS) is 29.8. The Balaban J connectivity index is 1.58. The van der Waals surface area contributed by atoms with Crippen LogP contribution in [0.2, 0.25) is 0 Å². The molecule has 0 saturated heterocycles. The first-order valence-corrected chi connectivity index (χ1v) is 11.3. The van der Waals surface area contributed by atoms with Crippen LogP contribution < -0.4 is 0 Å². The minimum atomic E-state index is 0.507. The van der Waals surface area contributed by atoms with Crippen LogP contribution in [0.1, 0.15) is 90.9 Å². The molecule has 2 aliphatic rings. The predicted octanol–water partition coefficient (Wildman–Crippen LogP) is 7.08. The lowest BCUT2D eigenvalue weighted by molar-refractivity contribution is 0.0209. The van der Waals surface area contributed by atoms with E-state index in [1.165, 1.54) is 77.0 Å². The van der Waals surface area contributed by atoms with Gasteiger partial charge in [-0.2, -0.15) is 0 Å².